The van der Waals surface area contributed by atoms with Gasteiger partial charge in [0.2, 0.25) is 5.91 Å². The minimum atomic E-state index is -0.809. The maximum Gasteiger partial charge on any atom is 0.242 e. The smallest absolute Gasteiger partial charge is 0.242 e. The molecule has 0 aromatic carbocycles. The molecular weight excluding hydrogens is 218 g/mol. The summed E-state index contributed by atoms with van der Waals surface area (Å²) < 4.78 is 5.36. The SMILES string of the molecule is CC(C)(N)C(=O)N1CCOC(CN)C1.Cl. The van der Waals surface area contributed by atoms with Crippen molar-refractivity contribution < 1.29 is 9.53 Å². The molecule has 1 saturated heterocycles. The van der Waals surface area contributed by atoms with Gasteiger partial charge < -0.3 is 21.1 Å². The summed E-state index contributed by atoms with van der Waals surface area (Å²) in [5, 5.41) is 0. The second-order valence-electron chi connectivity index (χ2n) is 4.20. The number of carbonyl (C=O) groups excluding carboxylic acids is 1. The summed E-state index contributed by atoms with van der Waals surface area (Å²) in [6.07, 6.45) is -0.0463. The van der Waals surface area contributed by atoms with E-state index in [1.807, 2.05) is 0 Å². The van der Waals surface area contributed by atoms with Gasteiger partial charge in [0.05, 0.1) is 18.2 Å². The normalized spacial score (nSPS) is 22.1. The fourth-order valence-electron chi connectivity index (χ4n) is 1.45. The van der Waals surface area contributed by atoms with Crippen LogP contribution in [0.2, 0.25) is 0 Å². The highest BCUT2D eigenvalue weighted by atomic mass is 35.5. The molecular formula is C9H20ClN3O2. The maximum absolute atomic E-state index is 11.8. The number of morpholine rings is 1. The van der Waals surface area contributed by atoms with Crippen molar-refractivity contribution in [3.8, 4) is 0 Å². The summed E-state index contributed by atoms with van der Waals surface area (Å²) in [4.78, 5) is 13.5. The Morgan fingerprint density at radius 1 is 1.60 bits per heavy atom. The van der Waals surface area contributed by atoms with Gasteiger partial charge >= 0.3 is 0 Å². The molecule has 0 aliphatic carbocycles. The van der Waals surface area contributed by atoms with Crippen LogP contribution in [0.15, 0.2) is 0 Å². The van der Waals surface area contributed by atoms with Gasteiger partial charge in [0, 0.05) is 19.6 Å². The molecule has 1 aliphatic rings. The second kappa shape index (κ2) is 5.65. The van der Waals surface area contributed by atoms with Crippen molar-refractivity contribution in [2.45, 2.75) is 25.5 Å². The van der Waals surface area contributed by atoms with Crippen LogP contribution < -0.4 is 11.5 Å². The lowest BCUT2D eigenvalue weighted by molar-refractivity contribution is -0.143. The summed E-state index contributed by atoms with van der Waals surface area (Å²) in [6.45, 7) is 5.56. The van der Waals surface area contributed by atoms with Crippen LogP contribution in [0.5, 0.6) is 0 Å². The number of hydrogen-bond acceptors (Lipinski definition) is 4. The van der Waals surface area contributed by atoms with Gasteiger partial charge in [-0.1, -0.05) is 0 Å². The maximum atomic E-state index is 11.8. The lowest BCUT2D eigenvalue weighted by Crippen LogP contribution is -2.56. The zero-order chi connectivity index (χ0) is 10.8. The van der Waals surface area contributed by atoms with Gasteiger partial charge in [-0.3, -0.25) is 4.79 Å². The molecule has 6 heteroatoms. The van der Waals surface area contributed by atoms with Gasteiger partial charge in [0.1, 0.15) is 0 Å². The molecule has 15 heavy (non-hydrogen) atoms. The van der Waals surface area contributed by atoms with Gasteiger partial charge in [-0.15, -0.1) is 12.4 Å². The Labute approximate surface area is 96.5 Å². The topological polar surface area (TPSA) is 81.6 Å². The molecule has 0 aromatic rings. The van der Waals surface area contributed by atoms with Crippen LogP contribution in [0.4, 0.5) is 0 Å². The van der Waals surface area contributed by atoms with E-state index in [1.54, 1.807) is 18.7 Å². The summed E-state index contributed by atoms with van der Waals surface area (Å²) in [7, 11) is 0. The van der Waals surface area contributed by atoms with E-state index >= 15 is 0 Å². The van der Waals surface area contributed by atoms with Crippen molar-refractivity contribution in [2.24, 2.45) is 11.5 Å². The molecule has 1 heterocycles. The Bertz CT molecular complexity index is 218. The number of amides is 1. The fourth-order valence-corrected chi connectivity index (χ4v) is 1.45. The molecule has 0 radical (unpaired) electrons. The molecule has 0 aromatic heterocycles. The van der Waals surface area contributed by atoms with Crippen molar-refractivity contribution in [3.05, 3.63) is 0 Å². The van der Waals surface area contributed by atoms with E-state index in [1.165, 1.54) is 0 Å². The van der Waals surface area contributed by atoms with E-state index in [2.05, 4.69) is 0 Å². The molecule has 4 N–H and O–H groups in total. The summed E-state index contributed by atoms with van der Waals surface area (Å²) in [5.74, 6) is -0.0424. The quantitative estimate of drug-likeness (QED) is 0.668. The third kappa shape index (κ3) is 3.95. The molecule has 1 unspecified atom stereocenters. The zero-order valence-corrected chi connectivity index (χ0v) is 10.0. The van der Waals surface area contributed by atoms with Crippen molar-refractivity contribution in [1.29, 1.82) is 0 Å². The number of nitrogens with two attached hydrogens (primary N) is 2. The highest BCUT2D eigenvalue weighted by Gasteiger charge is 2.31. The molecule has 5 nitrogen and oxygen atoms in total. The standard InChI is InChI=1S/C9H19N3O2.ClH/c1-9(2,11)8(13)12-3-4-14-7(5-10)6-12;/h7H,3-6,10-11H2,1-2H3;1H. The van der Waals surface area contributed by atoms with Gasteiger partial charge in [-0.05, 0) is 13.8 Å². The van der Waals surface area contributed by atoms with Gasteiger partial charge in [-0.2, -0.15) is 0 Å². The molecule has 1 rings (SSSR count). The van der Waals surface area contributed by atoms with E-state index in [-0.39, 0.29) is 24.4 Å². The number of hydrogen-bond donors (Lipinski definition) is 2. The highest BCUT2D eigenvalue weighted by molar-refractivity contribution is 5.85. The molecule has 1 fully saturated rings. The first-order valence-corrected chi connectivity index (χ1v) is 4.85. The monoisotopic (exact) mass is 237 g/mol. The van der Waals surface area contributed by atoms with E-state index in [0.29, 0.717) is 26.2 Å². The molecule has 90 valence electrons. The fraction of sp³-hybridized carbons (Fsp3) is 0.889. The van der Waals surface area contributed by atoms with Gasteiger partial charge in [0.25, 0.3) is 0 Å². The average molecular weight is 238 g/mol. The number of rotatable bonds is 2. The third-order valence-electron chi connectivity index (χ3n) is 2.24. The Hall–Kier alpha value is -0.360. The summed E-state index contributed by atoms with van der Waals surface area (Å²) >= 11 is 0. The Morgan fingerprint density at radius 2 is 2.20 bits per heavy atom. The molecule has 0 bridgehead atoms. The van der Waals surface area contributed by atoms with Crippen molar-refractivity contribution in [1.82, 2.24) is 4.90 Å². The van der Waals surface area contributed by atoms with Crippen LogP contribution in [-0.4, -0.2) is 48.7 Å². The van der Waals surface area contributed by atoms with Crippen LogP contribution >= 0.6 is 12.4 Å². The van der Waals surface area contributed by atoms with Gasteiger partial charge in [-0.25, -0.2) is 0 Å². The third-order valence-corrected chi connectivity index (χ3v) is 2.24. The van der Waals surface area contributed by atoms with E-state index in [9.17, 15) is 4.79 Å². The van der Waals surface area contributed by atoms with Crippen LogP contribution in [0.1, 0.15) is 13.8 Å². The second-order valence-corrected chi connectivity index (χ2v) is 4.20. The van der Waals surface area contributed by atoms with E-state index in [4.69, 9.17) is 16.2 Å². The minimum Gasteiger partial charge on any atom is -0.373 e. The van der Waals surface area contributed by atoms with Crippen molar-refractivity contribution in [2.75, 3.05) is 26.2 Å². The Balaban J connectivity index is 0.00000196. The molecule has 1 aliphatic heterocycles. The Morgan fingerprint density at radius 3 is 2.67 bits per heavy atom. The minimum absolute atomic E-state index is 0. The number of ether oxygens (including phenoxy) is 1. The van der Waals surface area contributed by atoms with Crippen LogP contribution in [0.3, 0.4) is 0 Å². The molecule has 1 amide bonds. The molecule has 0 spiro atoms. The molecule has 1 atom stereocenters. The number of carbonyl (C=O) groups is 1. The highest BCUT2D eigenvalue weighted by Crippen LogP contribution is 2.10. The average Bonchev–Trinajstić information content (AvgIpc) is 2.15. The molecule has 0 saturated carbocycles. The predicted molar refractivity (Wildman–Crippen MR) is 60.9 cm³/mol. The van der Waals surface area contributed by atoms with E-state index in [0.717, 1.165) is 0 Å². The summed E-state index contributed by atoms with van der Waals surface area (Å²) in [5.41, 5.74) is 10.4. The van der Waals surface area contributed by atoms with Crippen LogP contribution in [0.25, 0.3) is 0 Å². The number of nitrogens with zero attached hydrogens (tertiary/aromatic N) is 1. The van der Waals surface area contributed by atoms with Crippen LogP contribution in [-0.2, 0) is 9.53 Å². The Kier molecular flexibility index (Phi) is 5.51. The van der Waals surface area contributed by atoms with Gasteiger partial charge in [0.15, 0.2) is 0 Å². The number of halogens is 1. The lowest BCUT2D eigenvalue weighted by Gasteiger charge is -2.35. The first-order chi connectivity index (χ1) is 6.45. The van der Waals surface area contributed by atoms with Crippen molar-refractivity contribution in [3.63, 3.8) is 0 Å². The predicted octanol–water partition coefficient (Wildman–Crippen LogP) is -0.668. The first kappa shape index (κ1) is 14.6. The summed E-state index contributed by atoms with van der Waals surface area (Å²) in [6, 6.07) is 0. The zero-order valence-electron chi connectivity index (χ0n) is 9.23. The van der Waals surface area contributed by atoms with E-state index < -0.39 is 5.54 Å². The first-order valence-electron chi connectivity index (χ1n) is 4.85. The van der Waals surface area contributed by atoms with Crippen LogP contribution in [0, 0.1) is 0 Å². The largest absolute Gasteiger partial charge is 0.373 e. The van der Waals surface area contributed by atoms with Crippen molar-refractivity contribution >= 4 is 18.3 Å². The lowest BCUT2D eigenvalue weighted by atomic mass is 10.0.